The van der Waals surface area contributed by atoms with Crippen molar-refractivity contribution < 1.29 is 9.53 Å². The van der Waals surface area contributed by atoms with Crippen LogP contribution in [0.25, 0.3) is 0 Å². The van der Waals surface area contributed by atoms with E-state index in [2.05, 4.69) is 12.7 Å². The van der Waals surface area contributed by atoms with E-state index in [1.807, 2.05) is 6.08 Å². The number of hydrogen-bond acceptors (Lipinski definition) is 2. The van der Waals surface area contributed by atoms with Gasteiger partial charge in [-0.3, -0.25) is 0 Å². The highest BCUT2D eigenvalue weighted by Crippen LogP contribution is 2.00. The summed E-state index contributed by atoms with van der Waals surface area (Å²) in [6.07, 6.45) is 6.52. The van der Waals surface area contributed by atoms with Crippen molar-refractivity contribution in [1.82, 2.24) is 0 Å². The predicted molar refractivity (Wildman–Crippen MR) is 58.0 cm³/mol. The molecule has 0 aliphatic carbocycles. The third-order valence-corrected chi connectivity index (χ3v) is 1.85. The molecule has 0 N–H and O–H groups in total. The third kappa shape index (κ3) is 6.50. The highest BCUT2D eigenvalue weighted by atomic mass is 16.5. The lowest BCUT2D eigenvalue weighted by atomic mass is 10.2. The Morgan fingerprint density at radius 3 is 2.64 bits per heavy atom. The van der Waals surface area contributed by atoms with Gasteiger partial charge in [0.05, 0.1) is 12.2 Å². The minimum absolute atomic E-state index is 0.265. The Morgan fingerprint density at radius 1 is 1.36 bits per heavy atom. The van der Waals surface area contributed by atoms with Crippen LogP contribution in [0.15, 0.2) is 17.4 Å². The van der Waals surface area contributed by atoms with E-state index in [0.717, 1.165) is 6.42 Å². The molecule has 0 aromatic heterocycles. The number of esters is 1. The quantitative estimate of drug-likeness (QED) is 0.282. The number of carbonyl (C=O) groups is 1. The minimum atomic E-state index is -0.265. The predicted octanol–water partition coefficient (Wildman–Crippen LogP) is 3.23. The molecule has 2 nitrogen and oxygen atoms in total. The van der Waals surface area contributed by atoms with Crippen molar-refractivity contribution in [2.45, 2.75) is 46.5 Å². The molecule has 0 spiro atoms. The van der Waals surface area contributed by atoms with Gasteiger partial charge in [0.25, 0.3) is 0 Å². The third-order valence-electron chi connectivity index (χ3n) is 1.85. The van der Waals surface area contributed by atoms with Gasteiger partial charge in [0.1, 0.15) is 0 Å². The maximum absolute atomic E-state index is 11.1. The van der Waals surface area contributed by atoms with Gasteiger partial charge in [-0.05, 0) is 32.8 Å². The normalized spacial score (nSPS) is 9.07. The molecule has 0 amide bonds. The van der Waals surface area contributed by atoms with E-state index in [0.29, 0.717) is 12.2 Å². The van der Waals surface area contributed by atoms with E-state index in [9.17, 15) is 4.79 Å². The Kier molecular flexibility index (Phi) is 7.96. The fourth-order valence-corrected chi connectivity index (χ4v) is 1.02. The highest BCUT2D eigenvalue weighted by molar-refractivity contribution is 5.87. The zero-order valence-corrected chi connectivity index (χ0v) is 9.43. The van der Waals surface area contributed by atoms with Crippen LogP contribution in [0.2, 0.25) is 0 Å². The first-order chi connectivity index (χ1) is 6.72. The van der Waals surface area contributed by atoms with E-state index in [1.54, 1.807) is 13.8 Å². The number of rotatable bonds is 6. The highest BCUT2D eigenvalue weighted by Gasteiger charge is 2.01. The molecule has 0 rings (SSSR count). The van der Waals surface area contributed by atoms with Crippen molar-refractivity contribution in [2.75, 3.05) is 6.61 Å². The van der Waals surface area contributed by atoms with Gasteiger partial charge in [-0.1, -0.05) is 19.8 Å². The molecule has 0 unspecified atom stereocenters. The Morgan fingerprint density at radius 2 is 2.07 bits per heavy atom. The van der Waals surface area contributed by atoms with Crippen molar-refractivity contribution in [3.05, 3.63) is 17.4 Å². The van der Waals surface area contributed by atoms with Crippen LogP contribution < -0.4 is 0 Å². The first-order valence-corrected chi connectivity index (χ1v) is 5.31. The molecule has 80 valence electrons. The maximum atomic E-state index is 11.1. The lowest BCUT2D eigenvalue weighted by Gasteiger charge is -1.97. The van der Waals surface area contributed by atoms with Gasteiger partial charge in [-0.15, -0.1) is 5.73 Å². The van der Waals surface area contributed by atoms with Crippen molar-refractivity contribution in [1.29, 1.82) is 0 Å². The Balaban J connectivity index is 3.89. The molecular weight excluding hydrogens is 176 g/mol. The van der Waals surface area contributed by atoms with E-state index in [1.165, 1.54) is 19.3 Å². The standard InChI is InChI=1S/C12H20O2/c1-4-6-7-8-9-10-11(3)12(13)14-5-2/h9H,4-8H2,1-3H3. The lowest BCUT2D eigenvalue weighted by Crippen LogP contribution is -2.03. The first-order valence-electron chi connectivity index (χ1n) is 5.31. The average Bonchev–Trinajstić information content (AvgIpc) is 2.17. The van der Waals surface area contributed by atoms with E-state index < -0.39 is 0 Å². The molecule has 0 radical (unpaired) electrons. The molecule has 0 fully saturated rings. The van der Waals surface area contributed by atoms with Crippen LogP contribution >= 0.6 is 0 Å². The Labute approximate surface area is 86.6 Å². The SMILES string of the molecule is CCCCCC=C=C(C)C(=O)OCC. The molecule has 0 saturated heterocycles. The molecule has 0 aliphatic rings. The van der Waals surface area contributed by atoms with Crippen molar-refractivity contribution in [3.8, 4) is 0 Å². The second-order valence-electron chi connectivity index (χ2n) is 3.19. The molecule has 0 saturated carbocycles. The fourth-order valence-electron chi connectivity index (χ4n) is 1.02. The summed E-state index contributed by atoms with van der Waals surface area (Å²) in [6.45, 7) is 6.13. The average molecular weight is 196 g/mol. The van der Waals surface area contributed by atoms with Crippen LogP contribution in [0, 0.1) is 0 Å². The van der Waals surface area contributed by atoms with Crippen LogP contribution in [-0.4, -0.2) is 12.6 Å². The Bertz CT molecular complexity index is 222. The Hall–Kier alpha value is -1.01. The van der Waals surface area contributed by atoms with Crippen LogP contribution in [0.3, 0.4) is 0 Å². The lowest BCUT2D eigenvalue weighted by molar-refractivity contribution is -0.138. The van der Waals surface area contributed by atoms with Gasteiger partial charge >= 0.3 is 5.97 Å². The molecule has 0 aromatic carbocycles. The zero-order chi connectivity index (χ0) is 10.8. The summed E-state index contributed by atoms with van der Waals surface area (Å²) in [6, 6.07) is 0. The number of hydrogen-bond donors (Lipinski definition) is 0. The topological polar surface area (TPSA) is 26.3 Å². The van der Waals surface area contributed by atoms with Gasteiger partial charge in [0.2, 0.25) is 0 Å². The first kappa shape index (κ1) is 13.0. The van der Waals surface area contributed by atoms with Gasteiger partial charge < -0.3 is 4.74 Å². The van der Waals surface area contributed by atoms with Crippen LogP contribution in [0.5, 0.6) is 0 Å². The summed E-state index contributed by atoms with van der Waals surface area (Å²) < 4.78 is 4.82. The smallest absolute Gasteiger partial charge is 0.341 e. The summed E-state index contributed by atoms with van der Waals surface area (Å²) in [5.41, 5.74) is 3.50. The zero-order valence-electron chi connectivity index (χ0n) is 9.43. The molecule has 0 aliphatic heterocycles. The summed E-state index contributed by atoms with van der Waals surface area (Å²) in [7, 11) is 0. The van der Waals surface area contributed by atoms with E-state index in [4.69, 9.17) is 4.74 Å². The molecule has 0 aromatic rings. The summed E-state index contributed by atoms with van der Waals surface area (Å²) in [4.78, 5) is 11.1. The van der Waals surface area contributed by atoms with Crippen molar-refractivity contribution in [2.24, 2.45) is 0 Å². The molecule has 0 heterocycles. The monoisotopic (exact) mass is 196 g/mol. The van der Waals surface area contributed by atoms with Gasteiger partial charge in [0.15, 0.2) is 0 Å². The van der Waals surface area contributed by atoms with Gasteiger partial charge in [-0.25, -0.2) is 4.79 Å². The number of carbonyl (C=O) groups excluding carboxylic acids is 1. The second-order valence-corrected chi connectivity index (χ2v) is 3.19. The molecule has 14 heavy (non-hydrogen) atoms. The number of ether oxygens (including phenoxy) is 1. The van der Waals surface area contributed by atoms with E-state index in [-0.39, 0.29) is 5.97 Å². The van der Waals surface area contributed by atoms with Crippen LogP contribution in [-0.2, 0) is 9.53 Å². The molecule has 2 heteroatoms. The fraction of sp³-hybridized carbons (Fsp3) is 0.667. The summed E-state index contributed by atoms with van der Waals surface area (Å²) >= 11 is 0. The summed E-state index contributed by atoms with van der Waals surface area (Å²) in [5, 5.41) is 0. The second kappa shape index (κ2) is 8.58. The largest absolute Gasteiger partial charge is 0.462 e. The molecular formula is C12H20O2. The molecule has 0 atom stereocenters. The molecule has 0 bridgehead atoms. The van der Waals surface area contributed by atoms with Crippen molar-refractivity contribution >= 4 is 5.97 Å². The van der Waals surface area contributed by atoms with Crippen LogP contribution in [0.4, 0.5) is 0 Å². The summed E-state index contributed by atoms with van der Waals surface area (Å²) in [5.74, 6) is -0.265. The van der Waals surface area contributed by atoms with Gasteiger partial charge in [0, 0.05) is 0 Å². The van der Waals surface area contributed by atoms with Crippen LogP contribution in [0.1, 0.15) is 46.5 Å². The minimum Gasteiger partial charge on any atom is -0.462 e. The van der Waals surface area contributed by atoms with Crippen molar-refractivity contribution in [3.63, 3.8) is 0 Å². The number of unbranched alkanes of at least 4 members (excludes halogenated alkanes) is 3. The maximum Gasteiger partial charge on any atom is 0.341 e. The van der Waals surface area contributed by atoms with E-state index >= 15 is 0 Å². The van der Waals surface area contributed by atoms with Gasteiger partial charge in [-0.2, -0.15) is 0 Å².